The zero-order valence-corrected chi connectivity index (χ0v) is 11.8. The number of rotatable bonds is 8. The fraction of sp³-hybridized carbons (Fsp3) is 0.909. The molecular weight excluding hydrogens is 242 g/mol. The molecular formula is C11H23NO4S. The smallest absolute Gasteiger partial charge is 0.304 e. The quantitative estimate of drug-likeness (QED) is 0.708. The lowest BCUT2D eigenvalue weighted by atomic mass is 10.3. The van der Waals surface area contributed by atoms with Gasteiger partial charge in [-0.25, -0.2) is 8.42 Å². The van der Waals surface area contributed by atoms with Crippen molar-refractivity contribution in [2.75, 3.05) is 18.8 Å². The number of aliphatic carboxylic acids is 1. The van der Waals surface area contributed by atoms with Crippen LogP contribution in [0.4, 0.5) is 0 Å². The van der Waals surface area contributed by atoms with Crippen LogP contribution in [0.2, 0.25) is 0 Å². The van der Waals surface area contributed by atoms with Crippen LogP contribution >= 0.6 is 0 Å². The Hall–Kier alpha value is -0.620. The molecule has 5 nitrogen and oxygen atoms in total. The first-order valence-electron chi connectivity index (χ1n) is 5.84. The van der Waals surface area contributed by atoms with E-state index >= 15 is 0 Å². The average molecular weight is 265 g/mol. The maximum atomic E-state index is 11.7. The highest BCUT2D eigenvalue weighted by atomic mass is 32.2. The van der Waals surface area contributed by atoms with Crippen LogP contribution in [-0.4, -0.2) is 54.5 Å². The minimum Gasteiger partial charge on any atom is -0.481 e. The third-order valence-corrected chi connectivity index (χ3v) is 4.91. The largest absolute Gasteiger partial charge is 0.481 e. The van der Waals surface area contributed by atoms with E-state index in [4.69, 9.17) is 5.11 Å². The molecule has 0 radical (unpaired) electrons. The highest BCUT2D eigenvalue weighted by Crippen LogP contribution is 2.05. The summed E-state index contributed by atoms with van der Waals surface area (Å²) >= 11 is 0. The van der Waals surface area contributed by atoms with E-state index in [0.717, 1.165) is 0 Å². The maximum Gasteiger partial charge on any atom is 0.304 e. The molecule has 0 saturated carbocycles. The number of carboxylic acid groups (broad SMARTS) is 1. The van der Waals surface area contributed by atoms with Crippen LogP contribution in [0, 0.1) is 0 Å². The Morgan fingerprint density at radius 2 is 1.71 bits per heavy atom. The standard InChI is InChI=1S/C11H23NO4S/c1-9(2)12(6-5-11(13)14)7-8-17(15,16)10(3)4/h9-10H,5-8H2,1-4H3,(H,13,14). The molecule has 0 aromatic rings. The Morgan fingerprint density at radius 1 is 1.18 bits per heavy atom. The highest BCUT2D eigenvalue weighted by Gasteiger charge is 2.19. The summed E-state index contributed by atoms with van der Waals surface area (Å²) in [5.41, 5.74) is 0. The van der Waals surface area contributed by atoms with Crippen LogP contribution in [0.3, 0.4) is 0 Å². The molecule has 0 amide bonds. The van der Waals surface area contributed by atoms with E-state index in [-0.39, 0.29) is 23.5 Å². The van der Waals surface area contributed by atoms with Crippen molar-refractivity contribution in [3.63, 3.8) is 0 Å². The van der Waals surface area contributed by atoms with E-state index in [1.54, 1.807) is 13.8 Å². The first-order valence-corrected chi connectivity index (χ1v) is 7.55. The van der Waals surface area contributed by atoms with Crippen molar-refractivity contribution in [3.05, 3.63) is 0 Å². The summed E-state index contributed by atoms with van der Waals surface area (Å²) in [6.07, 6.45) is 0.0416. The molecule has 0 saturated heterocycles. The summed E-state index contributed by atoms with van der Waals surface area (Å²) in [5, 5.41) is 8.24. The van der Waals surface area contributed by atoms with E-state index in [9.17, 15) is 13.2 Å². The molecule has 0 atom stereocenters. The first-order chi connectivity index (χ1) is 7.66. The third-order valence-electron chi connectivity index (χ3n) is 2.72. The van der Waals surface area contributed by atoms with Crippen molar-refractivity contribution in [2.24, 2.45) is 0 Å². The topological polar surface area (TPSA) is 74.7 Å². The first kappa shape index (κ1) is 16.4. The molecule has 17 heavy (non-hydrogen) atoms. The Labute approximate surface area is 104 Å². The van der Waals surface area contributed by atoms with Gasteiger partial charge in [-0.3, -0.25) is 9.69 Å². The predicted octanol–water partition coefficient (Wildman–Crippen LogP) is 0.995. The van der Waals surface area contributed by atoms with Gasteiger partial charge in [0.1, 0.15) is 0 Å². The molecule has 0 aromatic heterocycles. The molecule has 6 heteroatoms. The summed E-state index contributed by atoms with van der Waals surface area (Å²) in [4.78, 5) is 12.4. The Morgan fingerprint density at radius 3 is 2.06 bits per heavy atom. The molecule has 1 N–H and O–H groups in total. The van der Waals surface area contributed by atoms with E-state index in [1.807, 2.05) is 18.7 Å². The summed E-state index contributed by atoms with van der Waals surface area (Å²) in [7, 11) is -3.05. The number of hydrogen-bond donors (Lipinski definition) is 1. The van der Waals surface area contributed by atoms with Crippen LogP contribution in [0.15, 0.2) is 0 Å². The van der Waals surface area contributed by atoms with Crippen molar-refractivity contribution in [3.8, 4) is 0 Å². The molecule has 0 aliphatic carbocycles. The molecule has 0 heterocycles. The summed E-state index contributed by atoms with van der Waals surface area (Å²) in [5.74, 6) is -0.773. The molecule has 0 rings (SSSR count). The van der Waals surface area contributed by atoms with Crippen molar-refractivity contribution in [1.82, 2.24) is 4.90 Å². The number of hydrogen-bond acceptors (Lipinski definition) is 4. The van der Waals surface area contributed by atoms with Crippen molar-refractivity contribution < 1.29 is 18.3 Å². The number of carbonyl (C=O) groups is 1. The summed E-state index contributed by atoms with van der Waals surface area (Å²) in [6.45, 7) is 7.97. The van der Waals surface area contributed by atoms with Crippen LogP contribution in [0.1, 0.15) is 34.1 Å². The lowest BCUT2D eigenvalue weighted by molar-refractivity contribution is -0.137. The summed E-state index contributed by atoms with van der Waals surface area (Å²) < 4.78 is 23.3. The van der Waals surface area contributed by atoms with Gasteiger partial charge in [0.2, 0.25) is 0 Å². The van der Waals surface area contributed by atoms with Crippen molar-refractivity contribution in [1.29, 1.82) is 0 Å². The van der Waals surface area contributed by atoms with E-state index in [2.05, 4.69) is 0 Å². The Balaban J connectivity index is 4.33. The molecule has 0 unspecified atom stereocenters. The van der Waals surface area contributed by atoms with E-state index < -0.39 is 15.8 Å². The van der Waals surface area contributed by atoms with Gasteiger partial charge in [0.15, 0.2) is 9.84 Å². The normalized spacial score (nSPS) is 12.6. The van der Waals surface area contributed by atoms with Crippen LogP contribution in [-0.2, 0) is 14.6 Å². The fourth-order valence-corrected chi connectivity index (χ4v) is 2.31. The number of carboxylic acids is 1. The fourth-order valence-electron chi connectivity index (χ4n) is 1.35. The lowest BCUT2D eigenvalue weighted by Crippen LogP contribution is -2.37. The highest BCUT2D eigenvalue weighted by molar-refractivity contribution is 7.92. The number of nitrogens with zero attached hydrogens (tertiary/aromatic N) is 1. The lowest BCUT2D eigenvalue weighted by Gasteiger charge is -2.25. The van der Waals surface area contributed by atoms with Gasteiger partial charge in [-0.2, -0.15) is 0 Å². The molecule has 0 aliphatic rings. The average Bonchev–Trinajstić information content (AvgIpc) is 2.16. The zero-order valence-electron chi connectivity index (χ0n) is 11.0. The second-order valence-corrected chi connectivity index (χ2v) is 7.37. The van der Waals surface area contributed by atoms with Crippen molar-refractivity contribution in [2.45, 2.75) is 45.4 Å². The predicted molar refractivity (Wildman–Crippen MR) is 67.9 cm³/mol. The van der Waals surface area contributed by atoms with Gasteiger partial charge in [-0.15, -0.1) is 0 Å². The molecule has 0 aliphatic heterocycles. The third kappa shape index (κ3) is 6.63. The van der Waals surface area contributed by atoms with Crippen LogP contribution in [0.25, 0.3) is 0 Å². The SMILES string of the molecule is CC(C)N(CCC(=O)O)CCS(=O)(=O)C(C)C. The van der Waals surface area contributed by atoms with Gasteiger partial charge < -0.3 is 5.11 Å². The second-order valence-electron chi connectivity index (χ2n) is 4.69. The molecule has 0 spiro atoms. The molecule has 0 bridgehead atoms. The second kappa shape index (κ2) is 6.96. The molecule has 0 fully saturated rings. The minimum absolute atomic E-state index is 0.0416. The van der Waals surface area contributed by atoms with Gasteiger partial charge in [-0.1, -0.05) is 0 Å². The van der Waals surface area contributed by atoms with Gasteiger partial charge in [-0.05, 0) is 27.7 Å². The summed E-state index contributed by atoms with van der Waals surface area (Å²) in [6, 6.07) is 0.150. The molecule has 0 aromatic carbocycles. The van der Waals surface area contributed by atoms with Crippen LogP contribution < -0.4 is 0 Å². The van der Waals surface area contributed by atoms with Crippen LogP contribution in [0.5, 0.6) is 0 Å². The number of sulfone groups is 1. The minimum atomic E-state index is -3.05. The maximum absolute atomic E-state index is 11.7. The Bertz CT molecular complexity index is 335. The van der Waals surface area contributed by atoms with Crippen molar-refractivity contribution >= 4 is 15.8 Å². The molecule has 102 valence electrons. The van der Waals surface area contributed by atoms with Gasteiger partial charge in [0.25, 0.3) is 0 Å². The zero-order chi connectivity index (χ0) is 13.6. The van der Waals surface area contributed by atoms with E-state index in [0.29, 0.717) is 13.1 Å². The van der Waals surface area contributed by atoms with Gasteiger partial charge in [0, 0.05) is 19.1 Å². The Kier molecular flexibility index (Phi) is 6.70. The van der Waals surface area contributed by atoms with Gasteiger partial charge in [0.05, 0.1) is 17.4 Å². The van der Waals surface area contributed by atoms with E-state index in [1.165, 1.54) is 0 Å². The van der Waals surface area contributed by atoms with Gasteiger partial charge >= 0.3 is 5.97 Å². The monoisotopic (exact) mass is 265 g/mol.